The first-order chi connectivity index (χ1) is 12.8. The normalized spacial score (nSPS) is 15.6. The molecule has 1 N–H and O–H groups in total. The highest BCUT2D eigenvalue weighted by Gasteiger charge is 2.29. The molecule has 0 fully saturated rings. The monoisotopic (exact) mass is 371 g/mol. The van der Waals surface area contributed by atoms with Crippen LogP contribution < -0.4 is 19.7 Å². The maximum atomic E-state index is 12.1. The van der Waals surface area contributed by atoms with Gasteiger partial charge in [-0.05, 0) is 31.2 Å². The molecule has 0 aliphatic carbocycles. The predicted molar refractivity (Wildman–Crippen MR) is 97.2 cm³/mol. The second-order valence-electron chi connectivity index (χ2n) is 5.93. The Morgan fingerprint density at radius 2 is 2.11 bits per heavy atom. The standard InChI is InChI=1S/C18H17N3O6/c1-11-18(23)20(2)15-8-12(6-7-16(15)27-11)19-17(22)10-26-14-5-3-4-13(9-14)21(24)25/h3-9,11H,10H2,1-2H3,(H,19,22)/t11-/m1/s1. The van der Waals surface area contributed by atoms with Gasteiger partial charge >= 0.3 is 0 Å². The molecular weight excluding hydrogens is 354 g/mol. The number of likely N-dealkylation sites (N-methyl/N-ethyl adjacent to an activating group) is 1. The van der Waals surface area contributed by atoms with Gasteiger partial charge in [0.2, 0.25) is 0 Å². The molecule has 2 amide bonds. The molecule has 3 rings (SSSR count). The molecular formula is C18H17N3O6. The first kappa shape index (κ1) is 18.2. The summed E-state index contributed by atoms with van der Waals surface area (Å²) in [6, 6.07) is 10.5. The molecule has 9 heteroatoms. The number of nitro groups is 1. The second-order valence-corrected chi connectivity index (χ2v) is 5.93. The Balaban J connectivity index is 1.64. The van der Waals surface area contributed by atoms with Crippen molar-refractivity contribution in [3.8, 4) is 11.5 Å². The van der Waals surface area contributed by atoms with Gasteiger partial charge in [0, 0.05) is 18.8 Å². The Morgan fingerprint density at radius 1 is 1.33 bits per heavy atom. The summed E-state index contributed by atoms with van der Waals surface area (Å²) >= 11 is 0. The average molecular weight is 371 g/mol. The molecule has 2 aromatic rings. The molecule has 0 saturated heterocycles. The Hall–Kier alpha value is -3.62. The van der Waals surface area contributed by atoms with E-state index in [1.807, 2.05) is 0 Å². The van der Waals surface area contributed by atoms with Gasteiger partial charge < -0.3 is 19.7 Å². The molecule has 9 nitrogen and oxygen atoms in total. The number of nitro benzene ring substituents is 1. The first-order valence-corrected chi connectivity index (χ1v) is 8.10. The fraction of sp³-hybridized carbons (Fsp3) is 0.222. The molecule has 1 atom stereocenters. The number of nitrogens with one attached hydrogen (secondary N) is 1. The minimum Gasteiger partial charge on any atom is -0.484 e. The molecule has 0 radical (unpaired) electrons. The van der Waals surface area contributed by atoms with E-state index < -0.39 is 16.9 Å². The lowest BCUT2D eigenvalue weighted by Gasteiger charge is -2.30. The SMILES string of the molecule is C[C@H]1Oc2ccc(NC(=O)COc3cccc([N+](=O)[O-])c3)cc2N(C)C1=O. The number of carbonyl (C=O) groups is 2. The van der Waals surface area contributed by atoms with Crippen molar-refractivity contribution in [2.24, 2.45) is 0 Å². The molecule has 0 aromatic heterocycles. The third kappa shape index (κ3) is 3.97. The van der Waals surface area contributed by atoms with Crippen LogP contribution in [0.15, 0.2) is 42.5 Å². The molecule has 1 aliphatic rings. The number of rotatable bonds is 5. The van der Waals surface area contributed by atoms with Crippen molar-refractivity contribution < 1.29 is 24.0 Å². The topological polar surface area (TPSA) is 111 Å². The number of ether oxygens (including phenoxy) is 2. The van der Waals surface area contributed by atoms with Gasteiger partial charge in [-0.15, -0.1) is 0 Å². The van der Waals surface area contributed by atoms with Crippen LogP contribution in [0.5, 0.6) is 11.5 Å². The van der Waals surface area contributed by atoms with E-state index >= 15 is 0 Å². The van der Waals surface area contributed by atoms with Crippen LogP contribution >= 0.6 is 0 Å². The quantitative estimate of drug-likeness (QED) is 0.638. The predicted octanol–water partition coefficient (Wildman–Crippen LogP) is 2.36. The van der Waals surface area contributed by atoms with Crippen LogP contribution in [0, 0.1) is 10.1 Å². The van der Waals surface area contributed by atoms with Crippen LogP contribution in [0.3, 0.4) is 0 Å². The van der Waals surface area contributed by atoms with E-state index in [2.05, 4.69) is 5.32 Å². The van der Waals surface area contributed by atoms with E-state index in [1.165, 1.54) is 29.2 Å². The summed E-state index contributed by atoms with van der Waals surface area (Å²) in [7, 11) is 1.64. The van der Waals surface area contributed by atoms with Crippen molar-refractivity contribution in [2.75, 3.05) is 23.9 Å². The lowest BCUT2D eigenvalue weighted by atomic mass is 10.2. The zero-order valence-corrected chi connectivity index (χ0v) is 14.7. The summed E-state index contributed by atoms with van der Waals surface area (Å²) in [5.74, 6) is 0.147. The van der Waals surface area contributed by atoms with Gasteiger partial charge in [-0.1, -0.05) is 6.07 Å². The van der Waals surface area contributed by atoms with E-state index in [1.54, 1.807) is 32.2 Å². The molecule has 0 unspecified atom stereocenters. The molecule has 140 valence electrons. The van der Waals surface area contributed by atoms with Crippen LogP contribution in [-0.2, 0) is 9.59 Å². The zero-order valence-electron chi connectivity index (χ0n) is 14.7. The fourth-order valence-electron chi connectivity index (χ4n) is 2.62. The lowest BCUT2D eigenvalue weighted by molar-refractivity contribution is -0.384. The lowest BCUT2D eigenvalue weighted by Crippen LogP contribution is -2.42. The molecule has 0 bridgehead atoms. The molecule has 2 aromatic carbocycles. The third-order valence-electron chi connectivity index (χ3n) is 3.98. The Kier molecular flexibility index (Phi) is 4.93. The van der Waals surface area contributed by atoms with Gasteiger partial charge in [0.25, 0.3) is 17.5 Å². The van der Waals surface area contributed by atoms with Crippen LogP contribution in [0.4, 0.5) is 17.1 Å². The van der Waals surface area contributed by atoms with Crippen molar-refractivity contribution in [3.05, 3.63) is 52.6 Å². The number of carbonyl (C=O) groups excluding carboxylic acids is 2. The van der Waals surface area contributed by atoms with Crippen LogP contribution in [0.1, 0.15) is 6.92 Å². The third-order valence-corrected chi connectivity index (χ3v) is 3.98. The van der Waals surface area contributed by atoms with E-state index in [4.69, 9.17) is 9.47 Å². The zero-order chi connectivity index (χ0) is 19.6. The summed E-state index contributed by atoms with van der Waals surface area (Å²) in [5, 5.41) is 13.4. The number of nitrogens with zero attached hydrogens (tertiary/aromatic N) is 2. The van der Waals surface area contributed by atoms with Gasteiger partial charge in [0.05, 0.1) is 16.7 Å². The highest BCUT2D eigenvalue weighted by atomic mass is 16.6. The maximum Gasteiger partial charge on any atom is 0.273 e. The number of non-ortho nitro benzene ring substituents is 1. The summed E-state index contributed by atoms with van der Waals surface area (Å²) in [6.45, 7) is 1.35. The second kappa shape index (κ2) is 7.32. The van der Waals surface area contributed by atoms with E-state index in [0.29, 0.717) is 17.1 Å². The number of amides is 2. The number of benzene rings is 2. The van der Waals surface area contributed by atoms with Crippen molar-refractivity contribution >= 4 is 28.9 Å². The Morgan fingerprint density at radius 3 is 2.85 bits per heavy atom. The molecule has 27 heavy (non-hydrogen) atoms. The first-order valence-electron chi connectivity index (χ1n) is 8.10. The van der Waals surface area contributed by atoms with Gasteiger partial charge in [-0.2, -0.15) is 0 Å². The summed E-state index contributed by atoms with van der Waals surface area (Å²) in [4.78, 5) is 35.8. The Labute approximate surface area is 154 Å². The Bertz CT molecular complexity index is 914. The number of hydrogen-bond acceptors (Lipinski definition) is 6. The van der Waals surface area contributed by atoms with E-state index in [-0.39, 0.29) is 24.0 Å². The largest absolute Gasteiger partial charge is 0.484 e. The fourth-order valence-corrected chi connectivity index (χ4v) is 2.62. The van der Waals surface area contributed by atoms with Crippen molar-refractivity contribution in [1.82, 2.24) is 0 Å². The number of hydrogen-bond donors (Lipinski definition) is 1. The van der Waals surface area contributed by atoms with Crippen LogP contribution in [-0.4, -0.2) is 36.5 Å². The van der Waals surface area contributed by atoms with Gasteiger partial charge in [0.15, 0.2) is 12.7 Å². The van der Waals surface area contributed by atoms with Crippen LogP contribution in [0.25, 0.3) is 0 Å². The average Bonchev–Trinajstić information content (AvgIpc) is 2.65. The summed E-state index contributed by atoms with van der Waals surface area (Å²) in [6.07, 6.45) is -0.564. The summed E-state index contributed by atoms with van der Waals surface area (Å²) in [5.41, 5.74) is 0.902. The molecule has 1 aliphatic heterocycles. The van der Waals surface area contributed by atoms with Gasteiger partial charge in [-0.25, -0.2) is 0 Å². The highest BCUT2D eigenvalue weighted by Crippen LogP contribution is 2.35. The minimum absolute atomic E-state index is 0.121. The van der Waals surface area contributed by atoms with Gasteiger partial charge in [-0.3, -0.25) is 19.7 Å². The highest BCUT2D eigenvalue weighted by molar-refractivity contribution is 6.00. The van der Waals surface area contributed by atoms with E-state index in [9.17, 15) is 19.7 Å². The summed E-state index contributed by atoms with van der Waals surface area (Å²) < 4.78 is 10.8. The minimum atomic E-state index is -0.564. The van der Waals surface area contributed by atoms with Gasteiger partial charge in [0.1, 0.15) is 11.5 Å². The molecule has 0 saturated carbocycles. The smallest absolute Gasteiger partial charge is 0.273 e. The van der Waals surface area contributed by atoms with Crippen molar-refractivity contribution in [1.29, 1.82) is 0 Å². The molecule has 1 heterocycles. The van der Waals surface area contributed by atoms with Crippen molar-refractivity contribution in [2.45, 2.75) is 13.0 Å². The number of anilines is 2. The van der Waals surface area contributed by atoms with E-state index in [0.717, 1.165) is 0 Å². The van der Waals surface area contributed by atoms with Crippen LogP contribution in [0.2, 0.25) is 0 Å². The number of fused-ring (bicyclic) bond motifs is 1. The maximum absolute atomic E-state index is 12.1. The molecule has 0 spiro atoms. The van der Waals surface area contributed by atoms with Crippen molar-refractivity contribution in [3.63, 3.8) is 0 Å².